The molecule has 0 spiro atoms. The maximum Gasteiger partial charge on any atom is 0.243 e. The number of carbonyl (C=O) groups excluding carboxylic acids is 6. The van der Waals surface area contributed by atoms with Gasteiger partial charge in [0.1, 0.15) is 24.2 Å². The van der Waals surface area contributed by atoms with Gasteiger partial charge in [0, 0.05) is 71.9 Å². The van der Waals surface area contributed by atoms with Gasteiger partial charge in [0.15, 0.2) is 0 Å². The third kappa shape index (κ3) is 10.7. The summed E-state index contributed by atoms with van der Waals surface area (Å²) in [5.74, 6) is -3.33. The van der Waals surface area contributed by atoms with Gasteiger partial charge >= 0.3 is 0 Å². The maximum atomic E-state index is 14.0. The van der Waals surface area contributed by atoms with Crippen molar-refractivity contribution in [3.05, 3.63) is 90.3 Å². The highest BCUT2D eigenvalue weighted by Crippen LogP contribution is 2.22. The molecule has 60 heavy (non-hydrogen) atoms. The highest BCUT2D eigenvalue weighted by molar-refractivity contribution is 5.96. The predicted molar refractivity (Wildman–Crippen MR) is 225 cm³/mol. The van der Waals surface area contributed by atoms with Gasteiger partial charge in [-0.1, -0.05) is 36.4 Å². The predicted octanol–water partition coefficient (Wildman–Crippen LogP) is 0.292. The molecule has 6 rings (SSSR count). The number of aromatic amines is 3. The van der Waals surface area contributed by atoms with Gasteiger partial charge in [0.2, 0.25) is 35.4 Å². The molecule has 318 valence electrons. The molecule has 1 aliphatic rings. The van der Waals surface area contributed by atoms with E-state index < -0.39 is 65.8 Å². The molecule has 5 aromatic rings. The number of carbonyl (C=O) groups is 6. The number of nitrogens with zero attached hydrogens (tertiary/aromatic N) is 2. The van der Waals surface area contributed by atoms with E-state index in [1.165, 1.54) is 18.2 Å². The molecule has 18 heteroatoms. The van der Waals surface area contributed by atoms with E-state index in [-0.39, 0.29) is 38.1 Å². The lowest BCUT2D eigenvalue weighted by molar-refractivity contribution is -0.136. The Bertz CT molecular complexity index is 2290. The number of nitrogens with one attached hydrogen (secondary N) is 7. The first kappa shape index (κ1) is 43.1. The minimum absolute atomic E-state index is 0.0518. The summed E-state index contributed by atoms with van der Waals surface area (Å²) in [7, 11) is 0. The van der Waals surface area contributed by atoms with Crippen LogP contribution in [0.25, 0.3) is 21.8 Å². The van der Waals surface area contributed by atoms with E-state index in [1.807, 2.05) is 54.7 Å². The smallest absolute Gasteiger partial charge is 0.243 e. The van der Waals surface area contributed by atoms with Gasteiger partial charge in [0.05, 0.1) is 18.4 Å². The Morgan fingerprint density at radius 1 is 0.817 bits per heavy atom. The number of amides is 6. The highest BCUT2D eigenvalue weighted by atomic mass is 16.2. The fourth-order valence-electron chi connectivity index (χ4n) is 7.68. The van der Waals surface area contributed by atoms with Crippen molar-refractivity contribution >= 4 is 57.2 Å². The van der Waals surface area contributed by atoms with Crippen molar-refractivity contribution in [2.45, 2.75) is 94.5 Å². The number of benzene rings is 2. The lowest BCUT2D eigenvalue weighted by Gasteiger charge is -2.26. The summed E-state index contributed by atoms with van der Waals surface area (Å²) < 4.78 is 0. The van der Waals surface area contributed by atoms with E-state index in [4.69, 9.17) is 17.2 Å². The number of hydrogen-bond acceptors (Lipinski definition) is 9. The van der Waals surface area contributed by atoms with Gasteiger partial charge in [-0.15, -0.1) is 0 Å². The van der Waals surface area contributed by atoms with Gasteiger partial charge in [-0.05, 0) is 68.8 Å². The number of fused-ring (bicyclic) bond motifs is 2. The molecule has 1 aliphatic heterocycles. The minimum atomic E-state index is -1.14. The molecule has 1 fully saturated rings. The number of rotatable bonds is 21. The zero-order chi connectivity index (χ0) is 42.8. The average molecular weight is 823 g/mol. The molecule has 13 N–H and O–H groups in total. The number of unbranched alkanes of at least 4 members (excludes halogenated alkanes) is 1. The summed E-state index contributed by atoms with van der Waals surface area (Å²) in [5.41, 5.74) is 21.6. The van der Waals surface area contributed by atoms with Crippen molar-refractivity contribution in [3.63, 3.8) is 0 Å². The largest absolute Gasteiger partial charge is 0.368 e. The van der Waals surface area contributed by atoms with E-state index in [0.717, 1.165) is 32.9 Å². The maximum absolute atomic E-state index is 14.0. The van der Waals surface area contributed by atoms with Crippen LogP contribution in [0.4, 0.5) is 0 Å². The quantitative estimate of drug-likeness (QED) is 0.0455. The Kier molecular flexibility index (Phi) is 14.3. The Balaban J connectivity index is 1.15. The van der Waals surface area contributed by atoms with Gasteiger partial charge < -0.3 is 58.3 Å². The summed E-state index contributed by atoms with van der Waals surface area (Å²) in [5, 5.41) is 13.1. The third-order valence-electron chi connectivity index (χ3n) is 11.0. The van der Waals surface area contributed by atoms with E-state index in [9.17, 15) is 28.8 Å². The van der Waals surface area contributed by atoms with Crippen LogP contribution in [0.15, 0.2) is 73.4 Å². The molecule has 3 aromatic heterocycles. The van der Waals surface area contributed by atoms with Gasteiger partial charge in [-0.3, -0.25) is 28.8 Å². The third-order valence-corrected chi connectivity index (χ3v) is 11.0. The van der Waals surface area contributed by atoms with Crippen LogP contribution < -0.4 is 38.5 Å². The Labute approximate surface area is 346 Å². The van der Waals surface area contributed by atoms with Crippen molar-refractivity contribution in [2.24, 2.45) is 17.2 Å². The topological polar surface area (TPSA) is 292 Å². The molecule has 0 bridgehead atoms. The van der Waals surface area contributed by atoms with Crippen molar-refractivity contribution in [3.8, 4) is 0 Å². The zero-order valence-corrected chi connectivity index (χ0v) is 33.5. The van der Waals surface area contributed by atoms with Crippen molar-refractivity contribution in [1.29, 1.82) is 0 Å². The van der Waals surface area contributed by atoms with Gasteiger partial charge in [-0.25, -0.2) is 4.98 Å². The Hall–Kier alpha value is -6.53. The molecule has 0 saturated carbocycles. The summed E-state index contributed by atoms with van der Waals surface area (Å²) in [6.45, 7) is 1.99. The molecular formula is C42H54N12O6. The lowest BCUT2D eigenvalue weighted by atomic mass is 10.0. The first-order chi connectivity index (χ1) is 28.9. The Morgan fingerprint density at radius 2 is 1.48 bits per heavy atom. The Morgan fingerprint density at radius 3 is 2.15 bits per heavy atom. The van der Waals surface area contributed by atoms with Crippen LogP contribution in [-0.2, 0) is 48.0 Å². The average Bonchev–Trinajstić information content (AvgIpc) is 4.05. The number of hydrogen-bond donors (Lipinski definition) is 10. The molecule has 6 unspecified atom stereocenters. The standard InChI is InChI=1S/C42H54N12O6/c1-24(50-41(59)34(52-40(58)31(44)17-27-21-46-23-49-27)14-13-25-19-47-32-10-4-2-8-29(25)32)39(57)53-35(16-26-20-48-33-11-5-3-9-30(26)33)42(60)51-28-18-37(55)54(22-28)36(38(45)56)12-6-7-15-43/h2-5,8-11,19-21,23-24,28,31,34-36,47-48H,6-7,12-18,22,43-44H2,1H3,(H2,45,56)(H,46,49)(H,50,59)(H,51,60)(H,52,58)(H,53,57). The summed E-state index contributed by atoms with van der Waals surface area (Å²) >= 11 is 0. The number of imidazole rings is 1. The first-order valence-corrected chi connectivity index (χ1v) is 20.2. The number of aromatic nitrogens is 4. The van der Waals surface area contributed by atoms with Crippen LogP contribution in [0.2, 0.25) is 0 Å². The number of para-hydroxylation sites is 2. The van der Waals surface area contributed by atoms with Crippen LogP contribution in [0.5, 0.6) is 0 Å². The van der Waals surface area contributed by atoms with Gasteiger partial charge in [-0.2, -0.15) is 0 Å². The minimum Gasteiger partial charge on any atom is -0.368 e. The van der Waals surface area contributed by atoms with Crippen molar-refractivity contribution < 1.29 is 28.8 Å². The van der Waals surface area contributed by atoms with Crippen LogP contribution in [-0.4, -0.2) is 110 Å². The second-order valence-corrected chi connectivity index (χ2v) is 15.4. The molecule has 0 aliphatic carbocycles. The summed E-state index contributed by atoms with van der Waals surface area (Å²) in [4.78, 5) is 95.3. The normalized spacial score (nSPS) is 16.6. The SMILES string of the molecule is CC(NC(=O)C(CCc1c[nH]c2ccccc12)NC(=O)C(N)Cc1cnc[nH]1)C(=O)NC(Cc1c[nH]c2ccccc12)C(=O)NC1CC(=O)N(C(CCCCN)C(N)=O)C1. The second kappa shape index (κ2) is 20.0. The van der Waals surface area contributed by atoms with Crippen LogP contribution >= 0.6 is 0 Å². The zero-order valence-electron chi connectivity index (χ0n) is 33.5. The summed E-state index contributed by atoms with van der Waals surface area (Å²) in [6.07, 6.45) is 9.09. The number of aryl methyl sites for hydroxylation is 1. The fourth-order valence-corrected chi connectivity index (χ4v) is 7.68. The molecule has 6 atom stereocenters. The number of primary amides is 1. The summed E-state index contributed by atoms with van der Waals surface area (Å²) in [6, 6.07) is 9.46. The fraction of sp³-hybridized carbons (Fsp3) is 0.405. The van der Waals surface area contributed by atoms with Crippen LogP contribution in [0.3, 0.4) is 0 Å². The van der Waals surface area contributed by atoms with E-state index in [2.05, 4.69) is 41.2 Å². The lowest BCUT2D eigenvalue weighted by Crippen LogP contribution is -2.58. The molecule has 18 nitrogen and oxygen atoms in total. The monoisotopic (exact) mass is 822 g/mol. The molecule has 2 aromatic carbocycles. The molecule has 6 amide bonds. The van der Waals surface area contributed by atoms with Crippen LogP contribution in [0, 0.1) is 0 Å². The first-order valence-electron chi connectivity index (χ1n) is 20.2. The molecule has 4 heterocycles. The van der Waals surface area contributed by atoms with E-state index >= 15 is 0 Å². The van der Waals surface area contributed by atoms with Gasteiger partial charge in [0.25, 0.3) is 0 Å². The molecular weight excluding hydrogens is 769 g/mol. The van der Waals surface area contributed by atoms with Crippen molar-refractivity contribution in [1.82, 2.24) is 46.1 Å². The number of likely N-dealkylation sites (tertiary alicyclic amines) is 1. The van der Waals surface area contributed by atoms with E-state index in [0.29, 0.717) is 37.9 Å². The second-order valence-electron chi connectivity index (χ2n) is 15.4. The molecule has 0 radical (unpaired) electrons. The van der Waals surface area contributed by atoms with E-state index in [1.54, 1.807) is 12.4 Å². The number of H-pyrrole nitrogens is 3. The van der Waals surface area contributed by atoms with Crippen molar-refractivity contribution in [2.75, 3.05) is 13.1 Å². The highest BCUT2D eigenvalue weighted by Gasteiger charge is 2.38. The number of nitrogens with two attached hydrogens (primary N) is 3. The van der Waals surface area contributed by atoms with Crippen LogP contribution in [0.1, 0.15) is 55.8 Å². The molecule has 1 saturated heterocycles.